The molecule has 0 aliphatic carbocycles. The minimum Gasteiger partial charge on any atom is -0.292 e. The number of carbonyl (C=O) groups is 1. The van der Waals surface area contributed by atoms with Gasteiger partial charge in [-0.25, -0.2) is 9.50 Å². The molecule has 4 nitrogen and oxygen atoms in total. The number of fused-ring (bicyclic) bond motifs is 1. The van der Waals surface area contributed by atoms with E-state index in [0.717, 1.165) is 11.3 Å². The van der Waals surface area contributed by atoms with Crippen molar-refractivity contribution in [2.24, 2.45) is 0 Å². The Bertz CT molecular complexity index is 564. The standard InChI is InChI=1S/C13H17N3O/c1-5-10(17)9-8-14-12-7-6-11(13(2,3)4)15-16(9)12/h6-8H,5H2,1-4H3. The summed E-state index contributed by atoms with van der Waals surface area (Å²) < 4.78 is 1.65. The third-order valence-corrected chi connectivity index (χ3v) is 2.74. The van der Waals surface area contributed by atoms with Crippen LogP contribution < -0.4 is 0 Å². The Morgan fingerprint density at radius 2 is 2.06 bits per heavy atom. The lowest BCUT2D eigenvalue weighted by Gasteiger charge is -2.17. The van der Waals surface area contributed by atoms with Crippen molar-refractivity contribution in [3.05, 3.63) is 29.7 Å². The highest BCUT2D eigenvalue weighted by Gasteiger charge is 2.18. The largest absolute Gasteiger partial charge is 0.292 e. The molecule has 17 heavy (non-hydrogen) atoms. The fourth-order valence-electron chi connectivity index (χ4n) is 1.64. The van der Waals surface area contributed by atoms with Crippen molar-refractivity contribution in [3.8, 4) is 0 Å². The maximum atomic E-state index is 11.7. The van der Waals surface area contributed by atoms with Crippen molar-refractivity contribution in [1.29, 1.82) is 0 Å². The van der Waals surface area contributed by atoms with Crippen LogP contribution in [0.2, 0.25) is 0 Å². The number of rotatable bonds is 2. The summed E-state index contributed by atoms with van der Waals surface area (Å²) in [6, 6.07) is 3.86. The van der Waals surface area contributed by atoms with E-state index in [4.69, 9.17) is 0 Å². The molecule has 0 aliphatic heterocycles. The van der Waals surface area contributed by atoms with Gasteiger partial charge in [-0.2, -0.15) is 5.10 Å². The van der Waals surface area contributed by atoms with Crippen LogP contribution in [0.3, 0.4) is 0 Å². The van der Waals surface area contributed by atoms with Crippen LogP contribution in [-0.2, 0) is 5.41 Å². The molecular formula is C13H17N3O. The third-order valence-electron chi connectivity index (χ3n) is 2.74. The van der Waals surface area contributed by atoms with Crippen molar-refractivity contribution >= 4 is 11.4 Å². The van der Waals surface area contributed by atoms with Gasteiger partial charge in [-0.15, -0.1) is 0 Å². The van der Waals surface area contributed by atoms with Crippen LogP contribution in [0, 0.1) is 0 Å². The first-order chi connectivity index (χ1) is 7.93. The van der Waals surface area contributed by atoms with Crippen LogP contribution in [0.5, 0.6) is 0 Å². The maximum Gasteiger partial charge on any atom is 0.182 e. The molecule has 0 spiro atoms. The minimum absolute atomic E-state index is 0.0367. The number of ketones is 1. The van der Waals surface area contributed by atoms with Crippen LogP contribution in [0.1, 0.15) is 50.3 Å². The highest BCUT2D eigenvalue weighted by Crippen LogP contribution is 2.20. The van der Waals surface area contributed by atoms with Crippen molar-refractivity contribution in [3.63, 3.8) is 0 Å². The topological polar surface area (TPSA) is 47.3 Å². The Morgan fingerprint density at radius 1 is 1.35 bits per heavy atom. The molecule has 0 saturated heterocycles. The highest BCUT2D eigenvalue weighted by atomic mass is 16.1. The predicted octanol–water partition coefficient (Wildman–Crippen LogP) is 2.62. The zero-order chi connectivity index (χ0) is 12.6. The van der Waals surface area contributed by atoms with E-state index in [0.29, 0.717) is 12.1 Å². The fraction of sp³-hybridized carbons (Fsp3) is 0.462. The Hall–Kier alpha value is -1.71. The lowest BCUT2D eigenvalue weighted by molar-refractivity contribution is 0.0981. The molecule has 0 N–H and O–H groups in total. The number of imidazole rings is 1. The van der Waals surface area contributed by atoms with Gasteiger partial charge >= 0.3 is 0 Å². The van der Waals surface area contributed by atoms with Crippen LogP contribution in [-0.4, -0.2) is 20.4 Å². The van der Waals surface area contributed by atoms with Gasteiger partial charge in [0.25, 0.3) is 0 Å². The first-order valence-corrected chi connectivity index (χ1v) is 5.82. The highest BCUT2D eigenvalue weighted by molar-refractivity contribution is 5.94. The van der Waals surface area contributed by atoms with Crippen LogP contribution in [0.15, 0.2) is 18.3 Å². The molecule has 4 heteroatoms. The number of aromatic nitrogens is 3. The molecular weight excluding hydrogens is 214 g/mol. The molecule has 0 radical (unpaired) electrons. The summed E-state index contributed by atoms with van der Waals surface area (Å²) in [5.41, 5.74) is 2.20. The van der Waals surface area contributed by atoms with Gasteiger partial charge in [0, 0.05) is 11.8 Å². The molecule has 0 saturated carbocycles. The number of hydrogen-bond acceptors (Lipinski definition) is 3. The van der Waals surface area contributed by atoms with E-state index in [1.54, 1.807) is 10.7 Å². The van der Waals surface area contributed by atoms with Crippen LogP contribution >= 0.6 is 0 Å². The van der Waals surface area contributed by atoms with Crippen molar-refractivity contribution in [1.82, 2.24) is 14.6 Å². The SMILES string of the molecule is CCC(=O)c1cnc2ccc(C(C)(C)C)nn12. The molecule has 0 amide bonds. The van der Waals surface area contributed by atoms with E-state index in [-0.39, 0.29) is 11.2 Å². The molecule has 2 heterocycles. The number of carbonyl (C=O) groups excluding carboxylic acids is 1. The monoisotopic (exact) mass is 231 g/mol. The van der Waals surface area contributed by atoms with E-state index in [1.165, 1.54) is 0 Å². The second-order valence-corrected chi connectivity index (χ2v) is 5.16. The van der Waals surface area contributed by atoms with Gasteiger partial charge in [0.2, 0.25) is 0 Å². The van der Waals surface area contributed by atoms with Gasteiger partial charge in [-0.3, -0.25) is 4.79 Å². The van der Waals surface area contributed by atoms with E-state index in [9.17, 15) is 4.79 Å². The molecule has 0 atom stereocenters. The summed E-state index contributed by atoms with van der Waals surface area (Å²) in [5.74, 6) is 0.0658. The summed E-state index contributed by atoms with van der Waals surface area (Å²) in [6.45, 7) is 8.13. The lowest BCUT2D eigenvalue weighted by atomic mass is 9.92. The number of hydrogen-bond donors (Lipinski definition) is 0. The number of Topliss-reactive ketones (excluding diaryl/α,β-unsaturated/α-hetero) is 1. The summed E-state index contributed by atoms with van der Waals surface area (Å²) in [5, 5.41) is 4.51. The number of nitrogens with zero attached hydrogens (tertiary/aromatic N) is 3. The lowest BCUT2D eigenvalue weighted by Crippen LogP contribution is -2.16. The minimum atomic E-state index is -0.0367. The summed E-state index contributed by atoms with van der Waals surface area (Å²) in [4.78, 5) is 15.9. The zero-order valence-corrected chi connectivity index (χ0v) is 10.7. The molecule has 90 valence electrons. The van der Waals surface area contributed by atoms with E-state index >= 15 is 0 Å². The van der Waals surface area contributed by atoms with E-state index in [1.807, 2.05) is 19.1 Å². The van der Waals surface area contributed by atoms with E-state index < -0.39 is 0 Å². The second kappa shape index (κ2) is 3.95. The van der Waals surface area contributed by atoms with Crippen LogP contribution in [0.25, 0.3) is 5.65 Å². The van der Waals surface area contributed by atoms with Gasteiger partial charge in [-0.1, -0.05) is 27.7 Å². The van der Waals surface area contributed by atoms with Crippen LogP contribution in [0.4, 0.5) is 0 Å². The van der Waals surface area contributed by atoms with Crippen molar-refractivity contribution in [2.75, 3.05) is 0 Å². The van der Waals surface area contributed by atoms with Gasteiger partial charge in [0.1, 0.15) is 5.69 Å². The molecule has 0 unspecified atom stereocenters. The summed E-state index contributed by atoms with van der Waals surface area (Å²) in [6.07, 6.45) is 2.07. The third kappa shape index (κ3) is 2.07. The van der Waals surface area contributed by atoms with E-state index in [2.05, 4.69) is 30.9 Å². The molecule has 0 bridgehead atoms. The molecule has 0 aliphatic rings. The molecule has 2 rings (SSSR count). The average Bonchev–Trinajstić information content (AvgIpc) is 2.69. The maximum absolute atomic E-state index is 11.7. The zero-order valence-electron chi connectivity index (χ0n) is 10.7. The Labute approximate surface area is 101 Å². The van der Waals surface area contributed by atoms with Crippen molar-refractivity contribution in [2.45, 2.75) is 39.5 Å². The first kappa shape index (κ1) is 11.8. The summed E-state index contributed by atoms with van der Waals surface area (Å²) >= 11 is 0. The van der Waals surface area contributed by atoms with Gasteiger partial charge in [0.15, 0.2) is 11.4 Å². The molecule has 0 aromatic carbocycles. The Morgan fingerprint density at radius 3 is 2.65 bits per heavy atom. The summed E-state index contributed by atoms with van der Waals surface area (Å²) in [7, 11) is 0. The quantitative estimate of drug-likeness (QED) is 0.746. The molecule has 2 aromatic rings. The fourth-order valence-corrected chi connectivity index (χ4v) is 1.64. The second-order valence-electron chi connectivity index (χ2n) is 5.16. The van der Waals surface area contributed by atoms with Gasteiger partial charge < -0.3 is 0 Å². The van der Waals surface area contributed by atoms with Gasteiger partial charge in [0.05, 0.1) is 11.9 Å². The Balaban J connectivity index is 2.62. The van der Waals surface area contributed by atoms with Gasteiger partial charge in [-0.05, 0) is 12.1 Å². The average molecular weight is 231 g/mol. The smallest absolute Gasteiger partial charge is 0.182 e. The normalized spacial score (nSPS) is 12.0. The molecule has 2 aromatic heterocycles. The molecule has 0 fully saturated rings. The first-order valence-electron chi connectivity index (χ1n) is 5.82. The van der Waals surface area contributed by atoms with Crippen molar-refractivity contribution < 1.29 is 4.79 Å². The Kier molecular flexibility index (Phi) is 2.73. The predicted molar refractivity (Wildman–Crippen MR) is 66.3 cm³/mol.